The molecule has 0 bridgehead atoms. The minimum Gasteiger partial charge on any atom is -0.463 e. The molecule has 3 aromatic rings. The standard InChI is InChI=1S/C11H7BrN4O2S/c1-18-10(17)8-13-14-11-16(8)15-9(19-11)6-3-2-4-7(12)5-6/h2-5H,1H3. The number of esters is 1. The van der Waals surface area contributed by atoms with Gasteiger partial charge in [-0.3, -0.25) is 0 Å². The number of hydrogen-bond donors (Lipinski definition) is 0. The molecule has 0 aliphatic rings. The van der Waals surface area contributed by atoms with Crippen molar-refractivity contribution in [3.8, 4) is 10.6 Å². The lowest BCUT2D eigenvalue weighted by molar-refractivity contribution is 0.0584. The summed E-state index contributed by atoms with van der Waals surface area (Å²) in [6, 6.07) is 7.74. The Bertz CT molecular complexity index is 767. The number of halogens is 1. The van der Waals surface area contributed by atoms with Crippen molar-refractivity contribution >= 4 is 38.2 Å². The molecule has 0 unspecified atom stereocenters. The highest BCUT2D eigenvalue weighted by Crippen LogP contribution is 2.27. The molecule has 19 heavy (non-hydrogen) atoms. The molecule has 8 heteroatoms. The van der Waals surface area contributed by atoms with Crippen LogP contribution in [0.1, 0.15) is 10.6 Å². The lowest BCUT2D eigenvalue weighted by Crippen LogP contribution is -2.07. The molecule has 0 saturated carbocycles. The van der Waals surface area contributed by atoms with Gasteiger partial charge in [-0.05, 0) is 12.1 Å². The smallest absolute Gasteiger partial charge is 0.378 e. The van der Waals surface area contributed by atoms with E-state index < -0.39 is 5.97 Å². The third kappa shape index (κ3) is 2.13. The molecular weight excluding hydrogens is 332 g/mol. The number of ether oxygens (including phenoxy) is 1. The number of aromatic nitrogens is 4. The summed E-state index contributed by atoms with van der Waals surface area (Å²) in [5.41, 5.74) is 0.945. The number of fused-ring (bicyclic) bond motifs is 1. The topological polar surface area (TPSA) is 69.4 Å². The van der Waals surface area contributed by atoms with Gasteiger partial charge in [0.05, 0.1) is 7.11 Å². The first-order valence-corrected chi connectivity index (χ1v) is 6.86. The van der Waals surface area contributed by atoms with E-state index in [0.29, 0.717) is 4.96 Å². The summed E-state index contributed by atoms with van der Waals surface area (Å²) in [5, 5.41) is 12.8. The maximum Gasteiger partial charge on any atom is 0.378 e. The number of methoxy groups -OCH3 is 1. The predicted molar refractivity (Wildman–Crippen MR) is 73.1 cm³/mol. The number of nitrogens with zero attached hydrogens (tertiary/aromatic N) is 4. The van der Waals surface area contributed by atoms with Crippen LogP contribution in [-0.2, 0) is 4.74 Å². The van der Waals surface area contributed by atoms with Crippen LogP contribution in [-0.4, -0.2) is 32.9 Å². The fourth-order valence-corrected chi connectivity index (χ4v) is 2.81. The van der Waals surface area contributed by atoms with Crippen LogP contribution in [0, 0.1) is 0 Å². The van der Waals surface area contributed by atoms with Gasteiger partial charge in [-0.2, -0.15) is 9.61 Å². The molecule has 0 N–H and O–H groups in total. The minimum absolute atomic E-state index is 0.0787. The zero-order chi connectivity index (χ0) is 13.4. The Morgan fingerprint density at radius 1 is 1.42 bits per heavy atom. The molecule has 1 aromatic carbocycles. The van der Waals surface area contributed by atoms with Crippen LogP contribution in [0.15, 0.2) is 28.7 Å². The Kier molecular flexibility index (Phi) is 3.03. The molecule has 6 nitrogen and oxygen atoms in total. The monoisotopic (exact) mass is 338 g/mol. The summed E-state index contributed by atoms with van der Waals surface area (Å²) in [6.45, 7) is 0. The van der Waals surface area contributed by atoms with Gasteiger partial charge in [0.15, 0.2) is 0 Å². The van der Waals surface area contributed by atoms with Crippen molar-refractivity contribution in [3.05, 3.63) is 34.6 Å². The maximum atomic E-state index is 11.5. The lowest BCUT2D eigenvalue weighted by Gasteiger charge is -1.96. The number of carbonyl (C=O) groups excluding carboxylic acids is 1. The quantitative estimate of drug-likeness (QED) is 0.671. The zero-order valence-electron chi connectivity index (χ0n) is 9.70. The largest absolute Gasteiger partial charge is 0.463 e. The van der Waals surface area contributed by atoms with Crippen molar-refractivity contribution in [2.45, 2.75) is 0 Å². The molecule has 2 heterocycles. The molecule has 0 spiro atoms. The van der Waals surface area contributed by atoms with Crippen LogP contribution in [0.5, 0.6) is 0 Å². The summed E-state index contributed by atoms with van der Waals surface area (Å²) >= 11 is 4.77. The summed E-state index contributed by atoms with van der Waals surface area (Å²) in [4.78, 5) is 12.1. The first-order chi connectivity index (χ1) is 9.19. The van der Waals surface area contributed by atoms with Gasteiger partial charge in [-0.25, -0.2) is 4.79 Å². The molecule has 3 rings (SSSR count). The molecule has 0 fully saturated rings. The van der Waals surface area contributed by atoms with E-state index in [1.807, 2.05) is 24.3 Å². The number of hydrogen-bond acceptors (Lipinski definition) is 6. The van der Waals surface area contributed by atoms with E-state index in [9.17, 15) is 4.79 Å². The van der Waals surface area contributed by atoms with Gasteiger partial charge < -0.3 is 4.74 Å². The highest BCUT2D eigenvalue weighted by Gasteiger charge is 2.19. The average Bonchev–Trinajstić information content (AvgIpc) is 2.97. The number of carbonyl (C=O) groups is 1. The van der Waals surface area contributed by atoms with Gasteiger partial charge in [0.25, 0.3) is 5.82 Å². The molecule has 0 atom stereocenters. The molecule has 96 valence electrons. The summed E-state index contributed by atoms with van der Waals surface area (Å²) in [5.74, 6) is -0.478. The van der Waals surface area contributed by atoms with Crippen LogP contribution in [0.2, 0.25) is 0 Å². The van der Waals surface area contributed by atoms with E-state index in [-0.39, 0.29) is 5.82 Å². The molecule has 0 amide bonds. The first-order valence-electron chi connectivity index (χ1n) is 5.25. The molecule has 0 saturated heterocycles. The Morgan fingerprint density at radius 3 is 3.00 bits per heavy atom. The van der Waals surface area contributed by atoms with Crippen LogP contribution in [0.3, 0.4) is 0 Å². The summed E-state index contributed by atoms with van der Waals surface area (Å²) < 4.78 is 6.99. The van der Waals surface area contributed by atoms with E-state index >= 15 is 0 Å². The molecule has 0 radical (unpaired) electrons. The van der Waals surface area contributed by atoms with Crippen molar-refractivity contribution in [3.63, 3.8) is 0 Å². The highest BCUT2D eigenvalue weighted by molar-refractivity contribution is 9.10. The van der Waals surface area contributed by atoms with Gasteiger partial charge in [0.2, 0.25) is 4.96 Å². The Hall–Kier alpha value is -1.80. The molecule has 0 aliphatic heterocycles. The Balaban J connectivity index is 2.12. The van der Waals surface area contributed by atoms with Gasteiger partial charge in [-0.1, -0.05) is 39.4 Å². The van der Waals surface area contributed by atoms with Crippen molar-refractivity contribution in [2.24, 2.45) is 0 Å². The number of rotatable bonds is 2. The third-order valence-corrected chi connectivity index (χ3v) is 3.87. The fraction of sp³-hybridized carbons (Fsp3) is 0.0909. The van der Waals surface area contributed by atoms with Gasteiger partial charge in [-0.15, -0.1) is 10.2 Å². The second-order valence-corrected chi connectivity index (χ2v) is 5.50. The molecular formula is C11H7BrN4O2S. The molecule has 0 aliphatic carbocycles. The van der Waals surface area contributed by atoms with Crippen LogP contribution >= 0.6 is 27.3 Å². The van der Waals surface area contributed by atoms with E-state index in [1.165, 1.54) is 23.0 Å². The Labute approximate surface area is 120 Å². The second-order valence-electron chi connectivity index (χ2n) is 3.63. The van der Waals surface area contributed by atoms with Gasteiger partial charge >= 0.3 is 5.97 Å². The number of benzene rings is 1. The lowest BCUT2D eigenvalue weighted by atomic mass is 10.2. The van der Waals surface area contributed by atoms with E-state index in [4.69, 9.17) is 0 Å². The maximum absolute atomic E-state index is 11.5. The third-order valence-electron chi connectivity index (χ3n) is 2.43. The van der Waals surface area contributed by atoms with E-state index in [1.54, 1.807) is 0 Å². The zero-order valence-corrected chi connectivity index (χ0v) is 12.1. The average molecular weight is 339 g/mol. The molecule has 2 aromatic heterocycles. The minimum atomic E-state index is -0.557. The van der Waals surface area contributed by atoms with E-state index in [0.717, 1.165) is 15.0 Å². The van der Waals surface area contributed by atoms with Crippen molar-refractivity contribution in [1.82, 2.24) is 19.8 Å². The van der Waals surface area contributed by atoms with Crippen molar-refractivity contribution < 1.29 is 9.53 Å². The van der Waals surface area contributed by atoms with E-state index in [2.05, 4.69) is 36.0 Å². The van der Waals surface area contributed by atoms with Gasteiger partial charge in [0, 0.05) is 10.0 Å². The normalized spacial score (nSPS) is 10.8. The summed E-state index contributed by atoms with van der Waals surface area (Å²) in [7, 11) is 1.30. The predicted octanol–water partition coefficient (Wildman–Crippen LogP) is 2.40. The van der Waals surface area contributed by atoms with Crippen LogP contribution in [0.4, 0.5) is 0 Å². The second kappa shape index (κ2) is 4.71. The van der Waals surface area contributed by atoms with Crippen LogP contribution < -0.4 is 0 Å². The highest BCUT2D eigenvalue weighted by atomic mass is 79.9. The Morgan fingerprint density at radius 2 is 2.26 bits per heavy atom. The van der Waals surface area contributed by atoms with Gasteiger partial charge in [0.1, 0.15) is 5.01 Å². The summed E-state index contributed by atoms with van der Waals surface area (Å²) in [6.07, 6.45) is 0. The van der Waals surface area contributed by atoms with Crippen LogP contribution in [0.25, 0.3) is 15.5 Å². The first kappa shape index (κ1) is 12.2. The van der Waals surface area contributed by atoms with Crippen molar-refractivity contribution in [2.75, 3.05) is 7.11 Å². The SMILES string of the molecule is COC(=O)c1nnc2sc(-c3cccc(Br)c3)nn12. The van der Waals surface area contributed by atoms with Crippen molar-refractivity contribution in [1.29, 1.82) is 0 Å². The fourth-order valence-electron chi connectivity index (χ4n) is 1.57.